The number of carbonyl (C=O) groups excluding carboxylic acids is 1. The zero-order valence-corrected chi connectivity index (χ0v) is 14.5. The Morgan fingerprint density at radius 2 is 2.12 bits per heavy atom. The number of benzene rings is 1. The summed E-state index contributed by atoms with van der Waals surface area (Å²) in [6.07, 6.45) is 3.83. The van der Waals surface area contributed by atoms with Gasteiger partial charge in [-0.2, -0.15) is 4.98 Å². The molecule has 132 valence electrons. The highest BCUT2D eigenvalue weighted by Gasteiger charge is 2.20. The lowest BCUT2D eigenvalue weighted by atomic mass is 10.0. The Morgan fingerprint density at radius 1 is 1.36 bits per heavy atom. The molecule has 7 heteroatoms. The van der Waals surface area contributed by atoms with E-state index in [-0.39, 0.29) is 17.3 Å². The Labute approximate surface area is 147 Å². The molecule has 0 radical (unpaired) electrons. The van der Waals surface area contributed by atoms with E-state index in [2.05, 4.69) is 27.1 Å². The van der Waals surface area contributed by atoms with Crippen LogP contribution in [0.15, 0.2) is 30.5 Å². The van der Waals surface area contributed by atoms with E-state index >= 15 is 0 Å². The first-order chi connectivity index (χ1) is 12.1. The number of hydrogen-bond acceptors (Lipinski definition) is 6. The van der Waals surface area contributed by atoms with Crippen molar-refractivity contribution >= 4 is 23.4 Å². The number of nitrogens with two attached hydrogens (primary N) is 1. The standard InChI is InChI=1S/C18H23N5O2/c1-12-4-3-9-23(11-12)18-20-10-15(16(19)22-18)17(24)21-13-5-7-14(25-2)8-6-13/h5-8,10,12H,3-4,9,11H2,1-2H3,(H,21,24)(H2,19,20,22). The summed E-state index contributed by atoms with van der Waals surface area (Å²) >= 11 is 0. The van der Waals surface area contributed by atoms with Crippen LogP contribution in [0, 0.1) is 5.92 Å². The highest BCUT2D eigenvalue weighted by molar-refractivity contribution is 6.07. The van der Waals surface area contributed by atoms with Crippen LogP contribution in [0.1, 0.15) is 30.1 Å². The zero-order chi connectivity index (χ0) is 17.8. The van der Waals surface area contributed by atoms with E-state index in [0.29, 0.717) is 17.6 Å². The number of rotatable bonds is 4. The Balaban J connectivity index is 1.72. The minimum atomic E-state index is -0.332. The van der Waals surface area contributed by atoms with Crippen LogP contribution in [0.25, 0.3) is 0 Å². The number of nitrogens with one attached hydrogen (secondary N) is 1. The lowest BCUT2D eigenvalue weighted by Crippen LogP contribution is -2.35. The molecule has 1 unspecified atom stereocenters. The summed E-state index contributed by atoms with van der Waals surface area (Å²) < 4.78 is 5.10. The first-order valence-corrected chi connectivity index (χ1v) is 8.39. The van der Waals surface area contributed by atoms with Gasteiger partial charge < -0.3 is 20.7 Å². The number of hydrogen-bond donors (Lipinski definition) is 2. The van der Waals surface area contributed by atoms with Crippen molar-refractivity contribution in [3.8, 4) is 5.75 Å². The summed E-state index contributed by atoms with van der Waals surface area (Å²) in [6, 6.07) is 7.07. The van der Waals surface area contributed by atoms with Gasteiger partial charge in [0, 0.05) is 25.0 Å². The number of carbonyl (C=O) groups is 1. The molecule has 25 heavy (non-hydrogen) atoms. The maximum absolute atomic E-state index is 12.4. The Hall–Kier alpha value is -2.83. The van der Waals surface area contributed by atoms with E-state index in [0.717, 1.165) is 25.3 Å². The van der Waals surface area contributed by atoms with Gasteiger partial charge in [-0.15, -0.1) is 0 Å². The Bertz CT molecular complexity index is 748. The molecule has 1 aliphatic heterocycles. The fourth-order valence-corrected chi connectivity index (χ4v) is 2.96. The van der Waals surface area contributed by atoms with E-state index in [1.165, 1.54) is 12.6 Å². The molecule has 1 aromatic carbocycles. The van der Waals surface area contributed by atoms with Gasteiger partial charge in [-0.05, 0) is 43.0 Å². The zero-order valence-electron chi connectivity index (χ0n) is 14.5. The maximum atomic E-state index is 12.4. The van der Waals surface area contributed by atoms with Crippen LogP contribution < -0.4 is 20.7 Å². The highest BCUT2D eigenvalue weighted by Crippen LogP contribution is 2.22. The van der Waals surface area contributed by atoms with Crippen molar-refractivity contribution in [2.45, 2.75) is 19.8 Å². The summed E-state index contributed by atoms with van der Waals surface area (Å²) in [5, 5.41) is 2.79. The molecule has 1 saturated heterocycles. The molecular weight excluding hydrogens is 318 g/mol. The van der Waals surface area contributed by atoms with Crippen molar-refractivity contribution in [2.24, 2.45) is 5.92 Å². The second kappa shape index (κ2) is 7.38. The predicted molar refractivity (Wildman–Crippen MR) is 98.0 cm³/mol. The Kier molecular flexibility index (Phi) is 5.02. The van der Waals surface area contributed by atoms with E-state index in [1.807, 2.05) is 0 Å². The van der Waals surface area contributed by atoms with Crippen LogP contribution in [-0.4, -0.2) is 36.1 Å². The third kappa shape index (κ3) is 3.99. The van der Waals surface area contributed by atoms with Gasteiger partial charge in [-0.3, -0.25) is 4.79 Å². The fraction of sp³-hybridized carbons (Fsp3) is 0.389. The molecule has 7 nitrogen and oxygen atoms in total. The number of nitrogen functional groups attached to an aromatic ring is 1. The van der Waals surface area contributed by atoms with E-state index in [4.69, 9.17) is 10.5 Å². The lowest BCUT2D eigenvalue weighted by Gasteiger charge is -2.31. The SMILES string of the molecule is COc1ccc(NC(=O)c2cnc(N3CCCC(C)C3)nc2N)cc1. The van der Waals surface area contributed by atoms with E-state index in [1.54, 1.807) is 31.4 Å². The number of methoxy groups -OCH3 is 1. The highest BCUT2D eigenvalue weighted by atomic mass is 16.5. The number of piperidine rings is 1. The van der Waals surface area contributed by atoms with Crippen molar-refractivity contribution in [3.63, 3.8) is 0 Å². The first kappa shape index (κ1) is 17.0. The summed E-state index contributed by atoms with van der Waals surface area (Å²) in [7, 11) is 1.59. The molecule has 0 bridgehead atoms. The van der Waals surface area contributed by atoms with Crippen LogP contribution >= 0.6 is 0 Å². The maximum Gasteiger partial charge on any atom is 0.260 e. The molecule has 0 aliphatic carbocycles. The minimum Gasteiger partial charge on any atom is -0.497 e. The van der Waals surface area contributed by atoms with Crippen molar-refractivity contribution in [3.05, 3.63) is 36.0 Å². The first-order valence-electron chi connectivity index (χ1n) is 8.39. The monoisotopic (exact) mass is 341 g/mol. The Morgan fingerprint density at radius 3 is 2.76 bits per heavy atom. The smallest absolute Gasteiger partial charge is 0.260 e. The summed E-state index contributed by atoms with van der Waals surface area (Å²) in [6.45, 7) is 4.05. The van der Waals surface area contributed by atoms with Crippen LogP contribution in [0.3, 0.4) is 0 Å². The minimum absolute atomic E-state index is 0.189. The van der Waals surface area contributed by atoms with Gasteiger partial charge in [-0.25, -0.2) is 4.98 Å². The molecule has 1 aromatic heterocycles. The number of aromatic nitrogens is 2. The fourth-order valence-electron chi connectivity index (χ4n) is 2.96. The molecule has 1 fully saturated rings. The van der Waals surface area contributed by atoms with Crippen molar-refractivity contribution in [1.82, 2.24) is 9.97 Å². The van der Waals surface area contributed by atoms with Gasteiger partial charge in [0.15, 0.2) is 0 Å². The molecule has 0 saturated carbocycles. The molecule has 1 atom stereocenters. The molecule has 2 aromatic rings. The third-order valence-corrected chi connectivity index (χ3v) is 4.34. The molecule has 0 spiro atoms. The normalized spacial score (nSPS) is 17.2. The number of anilines is 3. The number of ether oxygens (including phenoxy) is 1. The predicted octanol–water partition coefficient (Wildman–Crippen LogP) is 2.56. The molecular formula is C18H23N5O2. The number of nitrogens with zero attached hydrogens (tertiary/aromatic N) is 3. The van der Waals surface area contributed by atoms with Gasteiger partial charge in [0.2, 0.25) is 5.95 Å². The van der Waals surface area contributed by atoms with Crippen molar-refractivity contribution < 1.29 is 9.53 Å². The van der Waals surface area contributed by atoms with Crippen LogP contribution in [-0.2, 0) is 0 Å². The van der Waals surface area contributed by atoms with Gasteiger partial charge in [-0.1, -0.05) is 6.92 Å². The largest absolute Gasteiger partial charge is 0.497 e. The lowest BCUT2D eigenvalue weighted by molar-refractivity contribution is 0.102. The molecule has 3 N–H and O–H groups in total. The summed E-state index contributed by atoms with van der Waals surface area (Å²) in [5.74, 6) is 1.78. The van der Waals surface area contributed by atoms with Gasteiger partial charge in [0.1, 0.15) is 17.1 Å². The quantitative estimate of drug-likeness (QED) is 0.888. The van der Waals surface area contributed by atoms with Crippen molar-refractivity contribution in [1.29, 1.82) is 0 Å². The van der Waals surface area contributed by atoms with Crippen molar-refractivity contribution in [2.75, 3.05) is 36.1 Å². The average molecular weight is 341 g/mol. The van der Waals surface area contributed by atoms with E-state index in [9.17, 15) is 4.79 Å². The summed E-state index contributed by atoms with van der Waals surface area (Å²) in [5.41, 5.74) is 6.92. The van der Waals surface area contributed by atoms with Gasteiger partial charge in [0.05, 0.1) is 7.11 Å². The molecule has 1 aliphatic rings. The second-order valence-electron chi connectivity index (χ2n) is 6.34. The molecule has 2 heterocycles. The summed E-state index contributed by atoms with van der Waals surface area (Å²) in [4.78, 5) is 23.2. The number of amides is 1. The van der Waals surface area contributed by atoms with Crippen LogP contribution in [0.4, 0.5) is 17.5 Å². The van der Waals surface area contributed by atoms with E-state index < -0.39 is 0 Å². The van der Waals surface area contributed by atoms with Gasteiger partial charge >= 0.3 is 0 Å². The molecule has 1 amide bonds. The third-order valence-electron chi connectivity index (χ3n) is 4.34. The second-order valence-corrected chi connectivity index (χ2v) is 6.34. The topological polar surface area (TPSA) is 93.4 Å². The molecule has 3 rings (SSSR count). The van der Waals surface area contributed by atoms with Crippen LogP contribution in [0.2, 0.25) is 0 Å². The van der Waals surface area contributed by atoms with Crippen LogP contribution in [0.5, 0.6) is 5.75 Å². The average Bonchev–Trinajstić information content (AvgIpc) is 2.62. The van der Waals surface area contributed by atoms with Gasteiger partial charge in [0.25, 0.3) is 5.91 Å².